The average molecular weight is 583 g/mol. The fourth-order valence-corrected chi connectivity index (χ4v) is 7.35. The molecule has 7 heteroatoms. The van der Waals surface area contributed by atoms with Crippen molar-refractivity contribution in [2.24, 2.45) is 0 Å². The van der Waals surface area contributed by atoms with Crippen molar-refractivity contribution < 1.29 is 24.0 Å². The molecule has 3 N–H and O–H groups in total. The lowest BCUT2D eigenvalue weighted by molar-refractivity contribution is 0.334. The Morgan fingerprint density at radius 3 is 1.21 bits per heavy atom. The van der Waals surface area contributed by atoms with E-state index in [0.29, 0.717) is 0 Å². The maximum absolute atomic E-state index is 13.0. The molecule has 1 unspecified atom stereocenters. The molecule has 0 aromatic heterocycles. The van der Waals surface area contributed by atoms with Gasteiger partial charge >= 0.3 is 7.60 Å². The van der Waals surface area contributed by atoms with Gasteiger partial charge in [-0.3, -0.25) is 4.57 Å². The molecule has 0 fully saturated rings. The zero-order chi connectivity index (χ0) is 30.1. The first-order chi connectivity index (χ1) is 18.1. The van der Waals surface area contributed by atoms with E-state index in [0.717, 1.165) is 62.5 Å². The van der Waals surface area contributed by atoms with E-state index in [-0.39, 0.29) is 12.8 Å². The Bertz CT molecular complexity index is 938. The number of aliphatic hydroxyl groups excluding tert-OH is 1. The Balaban J connectivity index is 5.41. The lowest BCUT2D eigenvalue weighted by Gasteiger charge is -2.32. The van der Waals surface area contributed by atoms with Crippen molar-refractivity contribution in [2.45, 2.75) is 124 Å². The number of hydrogen-bond acceptors (Lipinski definition) is 3. The minimum absolute atomic E-state index is 0.0160. The van der Waals surface area contributed by atoms with Crippen molar-refractivity contribution in [3.05, 3.63) is 69.9 Å². The molecule has 0 aromatic carbocycles. The Morgan fingerprint density at radius 2 is 0.923 bits per heavy atom. The molecule has 0 saturated heterocycles. The van der Waals surface area contributed by atoms with Crippen LogP contribution in [0.25, 0.3) is 0 Å². The van der Waals surface area contributed by atoms with E-state index in [1.54, 1.807) is 0 Å². The fourth-order valence-electron chi connectivity index (χ4n) is 4.22. The van der Waals surface area contributed by atoms with Gasteiger partial charge in [0.1, 0.15) is 12.7 Å². The van der Waals surface area contributed by atoms with Crippen LogP contribution < -0.4 is 0 Å². The lowest BCUT2D eigenvalue weighted by Crippen LogP contribution is -2.24. The Hall–Kier alpha value is -1.22. The molecule has 5 nitrogen and oxygen atoms in total. The molecule has 0 aromatic rings. The molecule has 0 aliphatic heterocycles. The predicted octanol–water partition coefficient (Wildman–Crippen LogP) is 9.99. The van der Waals surface area contributed by atoms with E-state index < -0.39 is 26.6 Å². The first-order valence-corrected chi connectivity index (χ1v) is 17.5. The second-order valence-corrected chi connectivity index (χ2v) is 16.0. The van der Waals surface area contributed by atoms with Crippen LogP contribution in [0.4, 0.5) is 0 Å². The van der Waals surface area contributed by atoms with Gasteiger partial charge in [0.2, 0.25) is 0 Å². The normalized spacial score (nSPS) is 16.1. The summed E-state index contributed by atoms with van der Waals surface area (Å²) in [7, 11) is -7.73. The van der Waals surface area contributed by atoms with Gasteiger partial charge in [0.25, 0.3) is 0 Å². The highest BCUT2D eigenvalue weighted by atomic mass is 31.2. The van der Waals surface area contributed by atoms with Crippen LogP contribution in [0.3, 0.4) is 0 Å². The topological polar surface area (TPSA) is 94.8 Å². The minimum Gasteiger partial charge on any atom is -0.389 e. The van der Waals surface area contributed by atoms with Crippen molar-refractivity contribution in [3.63, 3.8) is 0 Å². The van der Waals surface area contributed by atoms with Crippen LogP contribution in [0.1, 0.15) is 120 Å². The van der Waals surface area contributed by atoms with Gasteiger partial charge in [-0.1, -0.05) is 69.9 Å². The van der Waals surface area contributed by atoms with E-state index in [1.807, 2.05) is 26.0 Å². The molecule has 0 spiro atoms. The van der Waals surface area contributed by atoms with Gasteiger partial charge in [-0.25, -0.2) is 0 Å². The highest BCUT2D eigenvalue weighted by Gasteiger charge is 2.49. The summed E-state index contributed by atoms with van der Waals surface area (Å²) in [6.45, 7) is 16.5. The molecule has 0 radical (unpaired) electrons. The van der Waals surface area contributed by atoms with Crippen LogP contribution in [0, 0.1) is 0 Å². The van der Waals surface area contributed by atoms with E-state index in [1.165, 1.54) is 22.3 Å². The van der Waals surface area contributed by atoms with Crippen LogP contribution in [0.5, 0.6) is 0 Å². The number of aliphatic hydroxyl groups is 1. The molecule has 1 atom stereocenters. The van der Waals surface area contributed by atoms with Crippen LogP contribution in [-0.4, -0.2) is 26.1 Å². The quantitative estimate of drug-likeness (QED) is 0.104. The number of rotatable bonds is 19. The lowest BCUT2D eigenvalue weighted by atomic mass is 10.0. The molecule has 0 aliphatic rings. The third kappa shape index (κ3) is 16.6. The molecule has 0 saturated carbocycles. The zero-order valence-electron chi connectivity index (χ0n) is 25.8. The first-order valence-electron chi connectivity index (χ1n) is 14.2. The maximum Gasteiger partial charge on any atom is 0.339 e. The van der Waals surface area contributed by atoms with Crippen molar-refractivity contribution in [1.29, 1.82) is 0 Å². The van der Waals surface area contributed by atoms with Gasteiger partial charge in [0.05, 0.1) is 6.35 Å². The van der Waals surface area contributed by atoms with Gasteiger partial charge in [-0.15, -0.1) is 0 Å². The van der Waals surface area contributed by atoms with Crippen molar-refractivity contribution in [1.82, 2.24) is 0 Å². The van der Waals surface area contributed by atoms with E-state index in [2.05, 4.69) is 65.8 Å². The summed E-state index contributed by atoms with van der Waals surface area (Å²) >= 11 is 0. The molecule has 0 bridgehead atoms. The van der Waals surface area contributed by atoms with Crippen LogP contribution in [-0.2, 0) is 9.13 Å². The summed E-state index contributed by atoms with van der Waals surface area (Å²) in [5.74, 6) is 0. The SMILES string of the molecule is CC(C)=CCC/C(C)=C/CC/C(C)=C/CC(C/C=C(\C)CC/C=C(\C)CCC=C(C)C)([PH](=O)CO)P(=O)(O)O. The Morgan fingerprint density at radius 1 is 0.615 bits per heavy atom. The van der Waals surface area contributed by atoms with Crippen molar-refractivity contribution >= 4 is 15.4 Å². The first kappa shape index (κ1) is 37.8. The number of allylic oxidation sites excluding steroid dienone is 12. The molecule has 224 valence electrons. The third-order valence-corrected chi connectivity index (χ3v) is 11.9. The van der Waals surface area contributed by atoms with Crippen LogP contribution >= 0.6 is 15.4 Å². The van der Waals surface area contributed by atoms with E-state index in [9.17, 15) is 24.0 Å². The fraction of sp³-hybridized carbons (Fsp3) is 0.625. The third-order valence-electron chi connectivity index (χ3n) is 7.04. The van der Waals surface area contributed by atoms with Gasteiger partial charge in [0, 0.05) is 0 Å². The smallest absolute Gasteiger partial charge is 0.339 e. The zero-order valence-corrected chi connectivity index (χ0v) is 27.7. The van der Waals surface area contributed by atoms with Gasteiger partial charge in [-0.2, -0.15) is 0 Å². The highest BCUT2D eigenvalue weighted by molar-refractivity contribution is 7.69. The molecule has 0 rings (SSSR count). The average Bonchev–Trinajstić information content (AvgIpc) is 2.82. The number of hydrogen-bond donors (Lipinski definition) is 3. The summed E-state index contributed by atoms with van der Waals surface area (Å²) in [5, 5.41) is 9.70. The second-order valence-electron chi connectivity index (χ2n) is 11.5. The van der Waals surface area contributed by atoms with E-state index in [4.69, 9.17) is 0 Å². The molecule has 0 amide bonds. The van der Waals surface area contributed by atoms with Gasteiger partial charge in [-0.05, 0) is 120 Å². The molecule has 39 heavy (non-hydrogen) atoms. The Labute approximate surface area is 239 Å². The summed E-state index contributed by atoms with van der Waals surface area (Å²) in [4.78, 5) is 18.9. The minimum atomic E-state index is -4.77. The molecular formula is C32H56O5P2. The Kier molecular flexibility index (Phi) is 19.2. The monoisotopic (exact) mass is 582 g/mol. The van der Waals surface area contributed by atoms with E-state index >= 15 is 0 Å². The van der Waals surface area contributed by atoms with Gasteiger partial charge in [0.15, 0.2) is 0 Å². The molecule has 0 aliphatic carbocycles. The highest BCUT2D eigenvalue weighted by Crippen LogP contribution is 2.66. The second kappa shape index (κ2) is 19.8. The standard InChI is InChI=1S/C32H56O5P2/c1-26(2)13-9-15-28(5)17-11-19-30(7)21-23-32(38(34)25-33,39(35,36)37)24-22-31(8)20-12-18-29(6)16-10-14-27(3)4/h13-14,17-18,21-22,33,38H,9-12,15-16,19-20,23-25H2,1-8H3,(H2,35,36,37)/b28-17+,29-18+,30-21+,31-22+. The van der Waals surface area contributed by atoms with Crippen molar-refractivity contribution in [2.75, 3.05) is 6.35 Å². The largest absolute Gasteiger partial charge is 0.389 e. The summed E-state index contributed by atoms with van der Waals surface area (Å²) in [5.41, 5.74) is 7.30. The maximum atomic E-state index is 13.0. The van der Waals surface area contributed by atoms with Gasteiger partial charge < -0.3 is 19.5 Å². The van der Waals surface area contributed by atoms with Crippen LogP contribution in [0.15, 0.2) is 69.9 Å². The molecular weight excluding hydrogens is 526 g/mol. The molecule has 0 heterocycles. The van der Waals surface area contributed by atoms with Crippen LogP contribution in [0.2, 0.25) is 0 Å². The summed E-state index contributed by atoms with van der Waals surface area (Å²) < 4.78 is 25.7. The summed E-state index contributed by atoms with van der Waals surface area (Å²) in [6.07, 6.45) is 19.1. The summed E-state index contributed by atoms with van der Waals surface area (Å²) in [6, 6.07) is 0. The van der Waals surface area contributed by atoms with Crippen molar-refractivity contribution in [3.8, 4) is 0 Å². The predicted molar refractivity (Wildman–Crippen MR) is 171 cm³/mol.